The minimum Gasteiger partial charge on any atom is -0.484 e. The smallest absolute Gasteiger partial charge is 0.260 e. The fourth-order valence-corrected chi connectivity index (χ4v) is 5.91. The van der Waals surface area contributed by atoms with Gasteiger partial charge in [-0.3, -0.25) is 4.79 Å². The van der Waals surface area contributed by atoms with Crippen LogP contribution in [0.5, 0.6) is 5.75 Å². The van der Waals surface area contributed by atoms with Crippen molar-refractivity contribution in [3.05, 3.63) is 34.8 Å². The van der Waals surface area contributed by atoms with Crippen molar-refractivity contribution in [3.8, 4) is 5.75 Å². The van der Waals surface area contributed by atoms with E-state index in [4.69, 9.17) is 9.72 Å². The summed E-state index contributed by atoms with van der Waals surface area (Å²) in [7, 11) is 2.20. The summed E-state index contributed by atoms with van der Waals surface area (Å²) in [5.74, 6) is -0.399. The number of piperazine rings is 1. The molecule has 2 aromatic rings. The first-order chi connectivity index (χ1) is 14.1. The van der Waals surface area contributed by atoms with Crippen LogP contribution in [-0.2, 0) is 17.8 Å². The van der Waals surface area contributed by atoms with Crippen molar-refractivity contribution in [3.63, 3.8) is 0 Å². The maximum atomic E-state index is 13.1. The van der Waals surface area contributed by atoms with Crippen LogP contribution in [0, 0.1) is 5.95 Å². The number of amides is 1. The molecule has 2 atom stereocenters. The molecule has 2 saturated heterocycles. The first kappa shape index (κ1) is 18.7. The average Bonchev–Trinajstić information content (AvgIpc) is 3.23. The lowest BCUT2D eigenvalue weighted by molar-refractivity contribution is -0.134. The molecule has 1 amide bonds. The zero-order valence-electron chi connectivity index (χ0n) is 16.4. The molecule has 0 spiro atoms. The first-order valence-electron chi connectivity index (χ1n) is 10.0. The molecule has 7 nitrogen and oxygen atoms in total. The van der Waals surface area contributed by atoms with E-state index in [0.717, 1.165) is 30.3 Å². The van der Waals surface area contributed by atoms with Gasteiger partial charge in [-0.05, 0) is 26.0 Å². The van der Waals surface area contributed by atoms with E-state index in [1.165, 1.54) is 30.0 Å². The van der Waals surface area contributed by atoms with Gasteiger partial charge in [-0.25, -0.2) is 9.97 Å². The summed E-state index contributed by atoms with van der Waals surface area (Å²) in [4.78, 5) is 28.9. The van der Waals surface area contributed by atoms with Crippen molar-refractivity contribution < 1.29 is 13.9 Å². The second kappa shape index (κ2) is 7.53. The van der Waals surface area contributed by atoms with Gasteiger partial charge in [0.15, 0.2) is 11.7 Å². The second-order valence-electron chi connectivity index (χ2n) is 8.05. The van der Waals surface area contributed by atoms with Gasteiger partial charge in [0.25, 0.3) is 5.91 Å². The highest BCUT2D eigenvalue weighted by Gasteiger charge is 2.40. The molecule has 2 aromatic heterocycles. The molecule has 5 heterocycles. The van der Waals surface area contributed by atoms with Crippen molar-refractivity contribution in [2.75, 3.05) is 38.2 Å². The van der Waals surface area contributed by atoms with Crippen LogP contribution in [0.2, 0.25) is 0 Å². The van der Waals surface area contributed by atoms with Gasteiger partial charge in [-0.2, -0.15) is 4.39 Å². The number of ether oxygens (including phenoxy) is 1. The standard InChI is InChI=1S/C20H24FN5O2S/c1-24-9-13-2-3-14(10-24)26(13)20-23-16-5-7-25(11-17(16)29-20)19(27)12-28-15-4-6-22-18(21)8-15/h4,6,8,13-14H,2-3,5,7,9-12H2,1H3. The number of likely N-dealkylation sites (N-methyl/N-ethyl adjacent to an activating group) is 1. The normalized spacial score (nSPS) is 23.9. The molecular weight excluding hydrogens is 393 g/mol. The van der Waals surface area contributed by atoms with Crippen molar-refractivity contribution in [1.82, 2.24) is 19.8 Å². The van der Waals surface area contributed by atoms with Crippen LogP contribution >= 0.6 is 11.3 Å². The number of rotatable bonds is 4. The Balaban J connectivity index is 1.24. The molecule has 29 heavy (non-hydrogen) atoms. The number of hydrogen-bond donors (Lipinski definition) is 0. The maximum Gasteiger partial charge on any atom is 0.260 e. The maximum absolute atomic E-state index is 13.1. The summed E-state index contributed by atoms with van der Waals surface area (Å²) in [6.07, 6.45) is 4.56. The second-order valence-corrected chi connectivity index (χ2v) is 9.11. The number of carbonyl (C=O) groups is 1. The van der Waals surface area contributed by atoms with Crippen molar-refractivity contribution in [2.24, 2.45) is 0 Å². The number of nitrogens with zero attached hydrogens (tertiary/aromatic N) is 5. The molecule has 3 aliphatic heterocycles. The van der Waals surface area contributed by atoms with Crippen LogP contribution in [0.15, 0.2) is 18.3 Å². The largest absolute Gasteiger partial charge is 0.484 e. The highest BCUT2D eigenvalue weighted by molar-refractivity contribution is 7.15. The van der Waals surface area contributed by atoms with Gasteiger partial charge in [0, 0.05) is 55.3 Å². The van der Waals surface area contributed by atoms with Crippen LogP contribution in [0.4, 0.5) is 9.52 Å². The predicted octanol–water partition coefficient (Wildman–Crippen LogP) is 1.92. The summed E-state index contributed by atoms with van der Waals surface area (Å²) in [6.45, 7) is 3.30. The minimum atomic E-state index is -0.618. The topological polar surface area (TPSA) is 61.8 Å². The Morgan fingerprint density at radius 1 is 1.34 bits per heavy atom. The fraction of sp³-hybridized carbons (Fsp3) is 0.550. The summed E-state index contributed by atoms with van der Waals surface area (Å²) in [5, 5.41) is 1.12. The summed E-state index contributed by atoms with van der Waals surface area (Å²) < 4.78 is 18.6. The fourth-order valence-electron chi connectivity index (χ4n) is 4.64. The third-order valence-corrected chi connectivity index (χ3v) is 7.11. The highest BCUT2D eigenvalue weighted by Crippen LogP contribution is 2.39. The highest BCUT2D eigenvalue weighted by atomic mass is 32.1. The van der Waals surface area contributed by atoms with E-state index >= 15 is 0 Å². The third kappa shape index (κ3) is 3.69. The number of aromatic nitrogens is 2. The number of halogens is 1. The number of carbonyl (C=O) groups excluding carboxylic acids is 1. The lowest BCUT2D eigenvalue weighted by Gasteiger charge is -2.39. The lowest BCUT2D eigenvalue weighted by atomic mass is 10.2. The van der Waals surface area contributed by atoms with Crippen LogP contribution in [0.1, 0.15) is 23.4 Å². The van der Waals surface area contributed by atoms with E-state index in [-0.39, 0.29) is 12.5 Å². The average molecular weight is 418 g/mol. The molecule has 9 heteroatoms. The summed E-state index contributed by atoms with van der Waals surface area (Å²) >= 11 is 1.73. The Morgan fingerprint density at radius 2 is 2.14 bits per heavy atom. The van der Waals surface area contributed by atoms with Gasteiger partial charge >= 0.3 is 0 Å². The molecule has 0 saturated carbocycles. The first-order valence-corrected chi connectivity index (χ1v) is 10.9. The van der Waals surface area contributed by atoms with E-state index in [2.05, 4.69) is 21.8 Å². The molecule has 2 unspecified atom stereocenters. The number of anilines is 1. The van der Waals surface area contributed by atoms with E-state index in [0.29, 0.717) is 30.9 Å². The van der Waals surface area contributed by atoms with E-state index in [1.807, 2.05) is 0 Å². The molecule has 0 aliphatic carbocycles. The van der Waals surface area contributed by atoms with E-state index < -0.39 is 5.95 Å². The summed E-state index contributed by atoms with van der Waals surface area (Å²) in [5.41, 5.74) is 1.13. The van der Waals surface area contributed by atoms with E-state index in [1.54, 1.807) is 22.3 Å². The molecule has 2 bridgehead atoms. The zero-order valence-corrected chi connectivity index (χ0v) is 17.2. The van der Waals surface area contributed by atoms with Gasteiger partial charge in [-0.15, -0.1) is 0 Å². The zero-order chi connectivity index (χ0) is 20.0. The SMILES string of the molecule is CN1CC2CCC(C1)N2c1nc2c(s1)CN(C(=O)COc1ccnc(F)c1)CC2. The predicted molar refractivity (Wildman–Crippen MR) is 108 cm³/mol. The van der Waals surface area contributed by atoms with Gasteiger partial charge in [-0.1, -0.05) is 11.3 Å². The number of hydrogen-bond acceptors (Lipinski definition) is 7. The molecule has 154 valence electrons. The Morgan fingerprint density at radius 3 is 2.90 bits per heavy atom. The number of likely N-dealkylation sites (tertiary alicyclic amines) is 1. The van der Waals surface area contributed by atoms with Crippen LogP contribution in [-0.4, -0.2) is 71.0 Å². The molecule has 3 aliphatic rings. The molecular formula is C20H24FN5O2S. The molecule has 0 aromatic carbocycles. The van der Waals surface area contributed by atoms with Crippen molar-refractivity contribution >= 4 is 22.4 Å². The lowest BCUT2D eigenvalue weighted by Crippen LogP contribution is -2.52. The molecule has 2 fully saturated rings. The monoisotopic (exact) mass is 417 g/mol. The third-order valence-electron chi connectivity index (χ3n) is 6.02. The van der Waals surface area contributed by atoms with E-state index in [9.17, 15) is 9.18 Å². The quantitative estimate of drug-likeness (QED) is 0.709. The van der Waals surface area contributed by atoms with Crippen LogP contribution in [0.3, 0.4) is 0 Å². The van der Waals surface area contributed by atoms with Gasteiger partial charge in [0.05, 0.1) is 12.2 Å². The van der Waals surface area contributed by atoms with Crippen LogP contribution in [0.25, 0.3) is 0 Å². The minimum absolute atomic E-state index is 0.0949. The number of thiazole rings is 1. The van der Waals surface area contributed by atoms with Gasteiger partial charge < -0.3 is 19.4 Å². The summed E-state index contributed by atoms with van der Waals surface area (Å²) in [6, 6.07) is 3.84. The molecule has 0 radical (unpaired) electrons. The molecule has 5 rings (SSSR count). The Kier molecular flexibility index (Phi) is 4.87. The Hall–Kier alpha value is -2.26. The van der Waals surface area contributed by atoms with Crippen molar-refractivity contribution in [2.45, 2.75) is 37.9 Å². The van der Waals surface area contributed by atoms with Gasteiger partial charge in [0.1, 0.15) is 5.75 Å². The van der Waals surface area contributed by atoms with Crippen molar-refractivity contribution in [1.29, 1.82) is 0 Å². The Bertz CT molecular complexity index is 908. The van der Waals surface area contributed by atoms with Crippen LogP contribution < -0.4 is 9.64 Å². The molecule has 0 N–H and O–H groups in total. The number of fused-ring (bicyclic) bond motifs is 3. The van der Waals surface area contributed by atoms with Gasteiger partial charge in [0.2, 0.25) is 5.95 Å². The number of pyridine rings is 1. The Labute approximate surface area is 173 Å².